The van der Waals surface area contributed by atoms with E-state index in [1.165, 1.54) is 5.56 Å². The average molecular weight is 448 g/mol. The fourth-order valence-electron chi connectivity index (χ4n) is 3.69. The van der Waals surface area contributed by atoms with Crippen molar-refractivity contribution in [2.45, 2.75) is 25.8 Å². The van der Waals surface area contributed by atoms with Crippen LogP contribution in [0.1, 0.15) is 40.9 Å². The molecule has 1 N–H and O–H groups in total. The number of hydrogen-bond donors (Lipinski definition) is 1. The van der Waals surface area contributed by atoms with E-state index < -0.39 is 0 Å². The van der Waals surface area contributed by atoms with Crippen LogP contribution in [0.3, 0.4) is 0 Å². The summed E-state index contributed by atoms with van der Waals surface area (Å²) in [5.41, 5.74) is 3.85. The van der Waals surface area contributed by atoms with Crippen molar-refractivity contribution in [1.82, 2.24) is 0 Å². The van der Waals surface area contributed by atoms with Gasteiger partial charge >= 0.3 is 0 Å². The van der Waals surface area contributed by atoms with Crippen molar-refractivity contribution in [2.24, 2.45) is 0 Å². The third-order valence-electron chi connectivity index (χ3n) is 5.51. The Labute approximate surface area is 192 Å². The number of halogens is 2. The highest BCUT2D eigenvalue weighted by Gasteiger charge is 2.19. The number of hydrogen-bond acceptors (Lipinski definition) is 2. The van der Waals surface area contributed by atoms with E-state index in [0.29, 0.717) is 22.0 Å². The van der Waals surface area contributed by atoms with Gasteiger partial charge in [-0.1, -0.05) is 84.7 Å². The van der Waals surface area contributed by atoms with Crippen molar-refractivity contribution < 1.29 is 4.79 Å². The molecule has 31 heavy (non-hydrogen) atoms. The van der Waals surface area contributed by atoms with E-state index in [1.807, 2.05) is 66.7 Å². The van der Waals surface area contributed by atoms with Crippen molar-refractivity contribution >= 4 is 45.4 Å². The zero-order valence-corrected chi connectivity index (χ0v) is 18.8. The number of Topliss-reactive ketones (excluding diaryl/α,β-unsaturated/α-hetero) is 1. The van der Waals surface area contributed by atoms with Crippen LogP contribution in [-0.4, -0.2) is 5.78 Å². The summed E-state index contributed by atoms with van der Waals surface area (Å²) in [5.74, 6) is 0.0690. The van der Waals surface area contributed by atoms with Crippen molar-refractivity contribution in [1.29, 1.82) is 0 Å². The maximum absolute atomic E-state index is 13.2. The Balaban J connectivity index is 1.63. The first-order valence-corrected chi connectivity index (χ1v) is 11.1. The second-order valence-corrected chi connectivity index (χ2v) is 8.42. The van der Waals surface area contributed by atoms with Gasteiger partial charge in [-0.15, -0.1) is 0 Å². The first-order valence-electron chi connectivity index (χ1n) is 10.4. The second-order valence-electron chi connectivity index (χ2n) is 7.61. The Morgan fingerprint density at radius 1 is 0.839 bits per heavy atom. The lowest BCUT2D eigenvalue weighted by Gasteiger charge is -2.21. The predicted octanol–water partition coefficient (Wildman–Crippen LogP) is 8.14. The predicted molar refractivity (Wildman–Crippen MR) is 132 cm³/mol. The van der Waals surface area contributed by atoms with Gasteiger partial charge in [-0.25, -0.2) is 0 Å². The number of nitrogens with one attached hydrogen (secondary N) is 1. The number of anilines is 1. The average Bonchev–Trinajstić information content (AvgIpc) is 2.80. The third-order valence-corrected chi connectivity index (χ3v) is 6.25. The molecule has 0 aliphatic heterocycles. The number of ketones is 1. The van der Waals surface area contributed by atoms with E-state index >= 15 is 0 Å². The molecule has 0 amide bonds. The summed E-state index contributed by atoms with van der Waals surface area (Å²) < 4.78 is 0. The number of aryl methyl sites for hydroxylation is 1. The van der Waals surface area contributed by atoms with E-state index in [9.17, 15) is 4.79 Å². The van der Waals surface area contributed by atoms with Crippen molar-refractivity contribution in [3.05, 3.63) is 112 Å². The molecule has 4 heteroatoms. The largest absolute Gasteiger partial charge is 0.378 e. The molecule has 0 heterocycles. The van der Waals surface area contributed by atoms with Crippen LogP contribution in [0.2, 0.25) is 10.0 Å². The summed E-state index contributed by atoms with van der Waals surface area (Å²) in [7, 11) is 0. The highest BCUT2D eigenvalue weighted by molar-refractivity contribution is 6.42. The fraction of sp³-hybridized carbons (Fsp3) is 0.148. The van der Waals surface area contributed by atoms with Crippen molar-refractivity contribution in [2.75, 3.05) is 5.32 Å². The van der Waals surface area contributed by atoms with Gasteiger partial charge in [0.2, 0.25) is 0 Å². The molecule has 0 radical (unpaired) electrons. The summed E-state index contributed by atoms with van der Waals surface area (Å²) in [5, 5.41) is 6.66. The SMILES string of the molecule is CCc1ccc(NC(CC(=O)c2ccc3ccccc3c2)c2ccc(Cl)c(Cl)c2)cc1. The highest BCUT2D eigenvalue weighted by atomic mass is 35.5. The third kappa shape index (κ3) is 5.10. The van der Waals surface area contributed by atoms with Crippen LogP contribution < -0.4 is 5.32 Å². The van der Waals surface area contributed by atoms with Gasteiger partial charge in [0.1, 0.15) is 0 Å². The van der Waals surface area contributed by atoms with Crippen molar-refractivity contribution in [3.63, 3.8) is 0 Å². The first kappa shape index (κ1) is 21.4. The minimum atomic E-state index is -0.235. The molecule has 0 spiro atoms. The van der Waals surface area contributed by atoms with Crippen LogP contribution in [0.5, 0.6) is 0 Å². The quantitative estimate of drug-likeness (QED) is 0.289. The first-order chi connectivity index (χ1) is 15.0. The van der Waals surface area contributed by atoms with Crippen LogP contribution in [0.15, 0.2) is 84.9 Å². The molecule has 2 nitrogen and oxygen atoms in total. The maximum Gasteiger partial charge on any atom is 0.165 e. The lowest BCUT2D eigenvalue weighted by atomic mass is 9.96. The molecule has 156 valence electrons. The summed E-state index contributed by atoms with van der Waals surface area (Å²) in [6.07, 6.45) is 1.28. The van der Waals surface area contributed by atoms with Gasteiger partial charge in [-0.3, -0.25) is 4.79 Å². The van der Waals surface area contributed by atoms with Gasteiger partial charge in [0.25, 0.3) is 0 Å². The molecule has 4 rings (SSSR count). The molecule has 0 bridgehead atoms. The molecule has 0 aliphatic rings. The van der Waals surface area contributed by atoms with Crippen LogP contribution >= 0.6 is 23.2 Å². The minimum Gasteiger partial charge on any atom is -0.378 e. The normalized spacial score (nSPS) is 12.0. The highest BCUT2D eigenvalue weighted by Crippen LogP contribution is 2.30. The Hall–Kier alpha value is -2.81. The van der Waals surface area contributed by atoms with E-state index in [2.05, 4.69) is 24.4 Å². The molecular formula is C27H23Cl2NO. The number of carbonyl (C=O) groups is 1. The Morgan fingerprint density at radius 3 is 2.29 bits per heavy atom. The van der Waals surface area contributed by atoms with Gasteiger partial charge in [0.05, 0.1) is 16.1 Å². The van der Waals surface area contributed by atoms with Crippen LogP contribution in [0.4, 0.5) is 5.69 Å². The van der Waals surface area contributed by atoms with E-state index in [-0.39, 0.29) is 11.8 Å². The number of rotatable bonds is 7. The monoisotopic (exact) mass is 447 g/mol. The molecule has 0 saturated heterocycles. The topological polar surface area (TPSA) is 29.1 Å². The van der Waals surface area contributed by atoms with Crippen LogP contribution in [0, 0.1) is 0 Å². The molecule has 0 aromatic heterocycles. The second kappa shape index (κ2) is 9.55. The van der Waals surface area contributed by atoms with Gasteiger partial charge in [0, 0.05) is 17.7 Å². The van der Waals surface area contributed by atoms with Gasteiger partial charge < -0.3 is 5.32 Å². The van der Waals surface area contributed by atoms with E-state index in [1.54, 1.807) is 6.07 Å². The maximum atomic E-state index is 13.2. The van der Waals surface area contributed by atoms with Crippen molar-refractivity contribution in [3.8, 4) is 0 Å². The summed E-state index contributed by atoms with van der Waals surface area (Å²) in [6, 6.07) is 27.5. The molecule has 4 aromatic rings. The zero-order chi connectivity index (χ0) is 21.8. The Kier molecular flexibility index (Phi) is 6.60. The molecular weight excluding hydrogens is 425 g/mol. The molecule has 0 saturated carbocycles. The summed E-state index contributed by atoms with van der Waals surface area (Å²) >= 11 is 12.4. The summed E-state index contributed by atoms with van der Waals surface area (Å²) in [4.78, 5) is 13.2. The number of carbonyl (C=O) groups excluding carboxylic acids is 1. The Morgan fingerprint density at radius 2 is 1.58 bits per heavy atom. The van der Waals surface area contributed by atoms with E-state index in [0.717, 1.165) is 28.4 Å². The lowest BCUT2D eigenvalue weighted by Crippen LogP contribution is -2.16. The molecule has 0 fully saturated rings. The molecule has 1 atom stereocenters. The number of benzene rings is 4. The molecule has 1 unspecified atom stereocenters. The Bertz CT molecular complexity index is 1220. The fourth-order valence-corrected chi connectivity index (χ4v) is 3.99. The minimum absolute atomic E-state index is 0.0690. The van der Waals surface area contributed by atoms with Gasteiger partial charge in [0.15, 0.2) is 5.78 Å². The van der Waals surface area contributed by atoms with Crippen LogP contribution in [-0.2, 0) is 6.42 Å². The van der Waals surface area contributed by atoms with E-state index in [4.69, 9.17) is 23.2 Å². The molecule has 0 aliphatic carbocycles. The van der Waals surface area contributed by atoms with Gasteiger partial charge in [-0.05, 0) is 58.7 Å². The standard InChI is InChI=1S/C27H23Cl2NO/c1-2-18-7-12-23(13-8-18)30-26(21-11-14-24(28)25(29)16-21)17-27(31)22-10-9-19-5-3-4-6-20(19)15-22/h3-16,26,30H,2,17H2,1H3. The summed E-state index contributed by atoms with van der Waals surface area (Å²) in [6.45, 7) is 2.13. The molecule has 4 aromatic carbocycles. The van der Waals surface area contributed by atoms with Crippen LogP contribution in [0.25, 0.3) is 10.8 Å². The van der Waals surface area contributed by atoms with Gasteiger partial charge in [-0.2, -0.15) is 0 Å². The smallest absolute Gasteiger partial charge is 0.165 e. The zero-order valence-electron chi connectivity index (χ0n) is 17.2. The number of fused-ring (bicyclic) bond motifs is 1. The lowest BCUT2D eigenvalue weighted by molar-refractivity contribution is 0.0976.